The van der Waals surface area contributed by atoms with Crippen LogP contribution in [-0.4, -0.2) is 9.97 Å². The maximum Gasteiger partial charge on any atom is 0.139 e. The van der Waals surface area contributed by atoms with Gasteiger partial charge in [-0.25, -0.2) is 9.37 Å². The van der Waals surface area contributed by atoms with Gasteiger partial charge in [0, 0.05) is 11.3 Å². The van der Waals surface area contributed by atoms with Crippen LogP contribution in [0.15, 0.2) is 24.3 Å². The van der Waals surface area contributed by atoms with Gasteiger partial charge >= 0.3 is 0 Å². The molecule has 0 radical (unpaired) electrons. The highest BCUT2D eigenvalue weighted by Gasteiger charge is 2.04. The van der Waals surface area contributed by atoms with Gasteiger partial charge in [0.05, 0.1) is 0 Å². The molecule has 0 saturated heterocycles. The van der Waals surface area contributed by atoms with Crippen molar-refractivity contribution in [2.24, 2.45) is 0 Å². The highest BCUT2D eigenvalue weighted by molar-refractivity contribution is 7.71. The van der Waals surface area contributed by atoms with Crippen LogP contribution in [0, 0.1) is 24.3 Å². The number of benzene rings is 1. The molecule has 2 nitrogen and oxygen atoms in total. The Labute approximate surface area is 98.2 Å². The Morgan fingerprint density at radius 1 is 1.25 bits per heavy atom. The number of aromatic amines is 1. The third-order valence-electron chi connectivity index (χ3n) is 2.32. The number of H-pyrrole nitrogens is 1. The molecule has 0 aliphatic carbocycles. The first kappa shape index (κ1) is 11.0. The molecule has 0 unspecified atom stereocenters. The zero-order valence-electron chi connectivity index (χ0n) is 9.04. The molecule has 1 aromatic heterocycles. The monoisotopic (exact) mass is 234 g/mol. The highest BCUT2D eigenvalue weighted by Crippen LogP contribution is 2.18. The molecule has 2 rings (SSSR count). The second kappa shape index (κ2) is 4.14. The Morgan fingerprint density at radius 3 is 2.62 bits per heavy atom. The number of hydrogen-bond donors (Lipinski definition) is 1. The van der Waals surface area contributed by atoms with Crippen molar-refractivity contribution in [2.75, 3.05) is 0 Å². The molecule has 0 fully saturated rings. The first-order chi connectivity index (χ1) is 7.56. The fourth-order valence-corrected chi connectivity index (χ4v) is 1.72. The van der Waals surface area contributed by atoms with Gasteiger partial charge < -0.3 is 4.98 Å². The number of aryl methyl sites for hydroxylation is 2. The zero-order chi connectivity index (χ0) is 11.7. The summed E-state index contributed by atoms with van der Waals surface area (Å²) < 4.78 is 13.9. The van der Waals surface area contributed by atoms with Gasteiger partial charge in [0.1, 0.15) is 16.3 Å². The predicted molar refractivity (Wildman–Crippen MR) is 64.3 cm³/mol. The van der Waals surface area contributed by atoms with Gasteiger partial charge in [0.25, 0.3) is 0 Å². The van der Waals surface area contributed by atoms with Crippen molar-refractivity contribution in [3.63, 3.8) is 0 Å². The number of aromatic nitrogens is 2. The van der Waals surface area contributed by atoms with Gasteiger partial charge in [-0.2, -0.15) is 0 Å². The molecule has 0 bridgehead atoms. The van der Waals surface area contributed by atoms with Crippen LogP contribution >= 0.6 is 12.2 Å². The minimum Gasteiger partial charge on any atom is -0.343 e. The number of hydrogen-bond acceptors (Lipinski definition) is 2. The summed E-state index contributed by atoms with van der Waals surface area (Å²) >= 11 is 5.02. The molecule has 1 aromatic carbocycles. The lowest BCUT2D eigenvalue weighted by molar-refractivity contribution is 0.619. The lowest BCUT2D eigenvalue weighted by Crippen LogP contribution is -1.93. The fraction of sp³-hybridized carbons (Fsp3) is 0.167. The summed E-state index contributed by atoms with van der Waals surface area (Å²) in [6, 6.07) is 6.78. The standard InChI is InChI=1S/C12H11FN2S/c1-7-3-4-9(6-10(7)13)12-14-8(2)5-11(16)15-12/h3-6H,1-2H3,(H,14,15,16). The van der Waals surface area contributed by atoms with Crippen molar-refractivity contribution in [1.82, 2.24) is 9.97 Å². The van der Waals surface area contributed by atoms with Gasteiger partial charge in [-0.1, -0.05) is 24.4 Å². The van der Waals surface area contributed by atoms with E-state index in [1.807, 2.05) is 13.0 Å². The molecule has 82 valence electrons. The van der Waals surface area contributed by atoms with E-state index in [1.54, 1.807) is 19.1 Å². The van der Waals surface area contributed by atoms with E-state index in [0.717, 1.165) is 5.69 Å². The molecule has 0 atom stereocenters. The van der Waals surface area contributed by atoms with Crippen molar-refractivity contribution in [3.8, 4) is 11.4 Å². The van der Waals surface area contributed by atoms with Crippen molar-refractivity contribution in [1.29, 1.82) is 0 Å². The molecule has 0 spiro atoms. The summed E-state index contributed by atoms with van der Waals surface area (Å²) in [6.07, 6.45) is 0. The molecule has 1 N–H and O–H groups in total. The number of halogens is 1. The lowest BCUT2D eigenvalue weighted by atomic mass is 10.1. The molecule has 2 aromatic rings. The van der Waals surface area contributed by atoms with Crippen LogP contribution in [0.5, 0.6) is 0 Å². The van der Waals surface area contributed by atoms with E-state index < -0.39 is 0 Å². The van der Waals surface area contributed by atoms with E-state index in [4.69, 9.17) is 12.2 Å². The van der Waals surface area contributed by atoms with E-state index in [-0.39, 0.29) is 5.82 Å². The third kappa shape index (κ3) is 2.17. The largest absolute Gasteiger partial charge is 0.343 e. The Morgan fingerprint density at radius 2 is 2.00 bits per heavy atom. The van der Waals surface area contributed by atoms with Crippen LogP contribution < -0.4 is 0 Å². The van der Waals surface area contributed by atoms with Crippen molar-refractivity contribution in [2.45, 2.75) is 13.8 Å². The molecule has 1 heterocycles. The minimum atomic E-state index is -0.236. The van der Waals surface area contributed by atoms with E-state index in [2.05, 4.69) is 9.97 Å². The Kier molecular flexibility index (Phi) is 2.83. The summed E-state index contributed by atoms with van der Waals surface area (Å²) in [5.74, 6) is 0.365. The van der Waals surface area contributed by atoms with Crippen LogP contribution in [0.3, 0.4) is 0 Å². The molecule has 0 aliphatic heterocycles. The van der Waals surface area contributed by atoms with Gasteiger partial charge in [-0.15, -0.1) is 0 Å². The van der Waals surface area contributed by atoms with Crippen molar-refractivity contribution < 1.29 is 4.39 Å². The molecule has 0 aliphatic rings. The Bertz CT molecular complexity index is 590. The van der Waals surface area contributed by atoms with E-state index in [1.165, 1.54) is 6.07 Å². The SMILES string of the molecule is Cc1cc(=S)nc(-c2ccc(C)c(F)c2)[nH]1. The maximum absolute atomic E-state index is 13.4. The van der Waals surface area contributed by atoms with Crippen LogP contribution in [-0.2, 0) is 0 Å². The van der Waals surface area contributed by atoms with E-state index >= 15 is 0 Å². The van der Waals surface area contributed by atoms with Gasteiger partial charge in [0.15, 0.2) is 0 Å². The first-order valence-electron chi connectivity index (χ1n) is 4.91. The Balaban J connectivity index is 2.58. The smallest absolute Gasteiger partial charge is 0.139 e. The maximum atomic E-state index is 13.4. The van der Waals surface area contributed by atoms with Crippen molar-refractivity contribution in [3.05, 3.63) is 46.0 Å². The van der Waals surface area contributed by atoms with Crippen LogP contribution in [0.4, 0.5) is 4.39 Å². The number of nitrogens with one attached hydrogen (secondary N) is 1. The predicted octanol–water partition coefficient (Wildman–Crippen LogP) is 3.56. The summed E-state index contributed by atoms with van der Waals surface area (Å²) in [4.78, 5) is 7.23. The fourth-order valence-electron chi connectivity index (χ4n) is 1.46. The second-order valence-electron chi connectivity index (χ2n) is 3.71. The van der Waals surface area contributed by atoms with Crippen molar-refractivity contribution >= 4 is 12.2 Å². The zero-order valence-corrected chi connectivity index (χ0v) is 9.86. The lowest BCUT2D eigenvalue weighted by Gasteiger charge is -2.04. The number of rotatable bonds is 1. The average molecular weight is 234 g/mol. The van der Waals surface area contributed by atoms with Gasteiger partial charge in [0.2, 0.25) is 0 Å². The normalized spacial score (nSPS) is 10.4. The van der Waals surface area contributed by atoms with Gasteiger partial charge in [-0.3, -0.25) is 0 Å². The minimum absolute atomic E-state index is 0.236. The van der Waals surface area contributed by atoms with Crippen LogP contribution in [0.25, 0.3) is 11.4 Å². The highest BCUT2D eigenvalue weighted by atomic mass is 32.1. The third-order valence-corrected chi connectivity index (χ3v) is 2.53. The molecule has 0 saturated carbocycles. The Hall–Kier alpha value is -1.55. The van der Waals surface area contributed by atoms with E-state index in [9.17, 15) is 4.39 Å². The molecule has 0 amide bonds. The van der Waals surface area contributed by atoms with E-state index in [0.29, 0.717) is 21.6 Å². The summed E-state index contributed by atoms with van der Waals surface area (Å²) in [5, 5.41) is 0. The topological polar surface area (TPSA) is 28.7 Å². The first-order valence-corrected chi connectivity index (χ1v) is 5.31. The average Bonchev–Trinajstić information content (AvgIpc) is 2.20. The quantitative estimate of drug-likeness (QED) is 0.764. The second-order valence-corrected chi connectivity index (χ2v) is 4.13. The summed E-state index contributed by atoms with van der Waals surface area (Å²) in [5.41, 5.74) is 2.24. The molecule has 16 heavy (non-hydrogen) atoms. The van der Waals surface area contributed by atoms with Gasteiger partial charge in [-0.05, 0) is 31.5 Å². The summed E-state index contributed by atoms with van der Waals surface area (Å²) in [6.45, 7) is 3.62. The summed E-state index contributed by atoms with van der Waals surface area (Å²) in [7, 11) is 0. The molecular formula is C12H11FN2S. The number of nitrogens with zero attached hydrogens (tertiary/aromatic N) is 1. The molecule has 4 heteroatoms. The van der Waals surface area contributed by atoms with Crippen LogP contribution in [0.2, 0.25) is 0 Å². The van der Waals surface area contributed by atoms with Crippen LogP contribution in [0.1, 0.15) is 11.3 Å². The molecular weight excluding hydrogens is 223 g/mol.